The van der Waals surface area contributed by atoms with E-state index >= 15 is 0 Å². The van der Waals surface area contributed by atoms with Crippen LogP contribution in [-0.4, -0.2) is 28.7 Å². The summed E-state index contributed by atoms with van der Waals surface area (Å²) in [4.78, 5) is 4.88. The van der Waals surface area contributed by atoms with Gasteiger partial charge in [0.15, 0.2) is 0 Å². The number of hydrogen-bond acceptors (Lipinski definition) is 3. The van der Waals surface area contributed by atoms with E-state index in [1.165, 1.54) is 11.1 Å². The molecule has 2 aliphatic rings. The van der Waals surface area contributed by atoms with Crippen molar-refractivity contribution in [1.29, 1.82) is 0 Å². The highest BCUT2D eigenvalue weighted by atomic mass is 79.9. The molecule has 0 amide bonds. The standard InChI is InChI=1S/C14H15Br3N4.ClH/c15-9-8-2-1-5-21-13(8)12(11(17)10(9)16)20-14(21)19-7-3-4-18-6-7;/h7,18H,1-6H2,(H,19,20);1H. The van der Waals surface area contributed by atoms with Crippen molar-refractivity contribution in [3.8, 4) is 0 Å². The van der Waals surface area contributed by atoms with E-state index in [0.717, 1.165) is 63.8 Å². The van der Waals surface area contributed by atoms with E-state index in [9.17, 15) is 0 Å². The Kier molecular flexibility index (Phi) is 5.10. The van der Waals surface area contributed by atoms with Gasteiger partial charge in [-0.2, -0.15) is 0 Å². The Bertz CT molecular complexity index is 725. The first-order chi connectivity index (χ1) is 10.2. The maximum absolute atomic E-state index is 4.88. The molecule has 2 aliphatic heterocycles. The topological polar surface area (TPSA) is 41.9 Å². The first kappa shape index (κ1) is 17.0. The zero-order valence-electron chi connectivity index (χ0n) is 11.8. The normalized spacial score (nSPS) is 20.2. The Morgan fingerprint density at radius 3 is 2.73 bits per heavy atom. The van der Waals surface area contributed by atoms with Gasteiger partial charge in [0.1, 0.15) is 5.52 Å². The summed E-state index contributed by atoms with van der Waals surface area (Å²) in [5.74, 6) is 1.00. The molecule has 0 spiro atoms. The van der Waals surface area contributed by atoms with Crippen LogP contribution < -0.4 is 10.6 Å². The lowest BCUT2D eigenvalue weighted by molar-refractivity contribution is 0.627. The van der Waals surface area contributed by atoms with Gasteiger partial charge in [-0.3, -0.25) is 0 Å². The molecule has 1 aromatic heterocycles. The lowest BCUT2D eigenvalue weighted by Gasteiger charge is -2.20. The zero-order chi connectivity index (χ0) is 14.6. The minimum Gasteiger partial charge on any atom is -0.352 e. The molecule has 1 fully saturated rings. The summed E-state index contributed by atoms with van der Waals surface area (Å²) in [6, 6.07) is 0.481. The Morgan fingerprint density at radius 1 is 1.18 bits per heavy atom. The second kappa shape index (κ2) is 6.59. The predicted molar refractivity (Wildman–Crippen MR) is 103 cm³/mol. The van der Waals surface area contributed by atoms with E-state index in [1.54, 1.807) is 0 Å². The van der Waals surface area contributed by atoms with Gasteiger partial charge in [0.05, 0.1) is 9.99 Å². The molecule has 1 atom stereocenters. The summed E-state index contributed by atoms with van der Waals surface area (Å²) >= 11 is 11.1. The van der Waals surface area contributed by atoms with Crippen LogP contribution in [0.4, 0.5) is 5.95 Å². The molecule has 22 heavy (non-hydrogen) atoms. The summed E-state index contributed by atoms with van der Waals surface area (Å²) in [5, 5.41) is 7.01. The monoisotopic (exact) mass is 512 g/mol. The smallest absolute Gasteiger partial charge is 0.204 e. The molecule has 3 heterocycles. The Balaban J connectivity index is 0.00000144. The summed E-state index contributed by atoms with van der Waals surface area (Å²) in [7, 11) is 0. The summed E-state index contributed by atoms with van der Waals surface area (Å²) < 4.78 is 5.58. The molecular formula is C14H16Br3ClN4. The number of aromatic nitrogens is 2. The van der Waals surface area contributed by atoms with Crippen LogP contribution in [0, 0.1) is 0 Å². The van der Waals surface area contributed by atoms with Crippen molar-refractivity contribution in [2.45, 2.75) is 31.8 Å². The maximum atomic E-state index is 4.88. The molecule has 1 saturated heterocycles. The van der Waals surface area contributed by atoms with E-state index in [2.05, 4.69) is 63.0 Å². The lowest BCUT2D eigenvalue weighted by Crippen LogP contribution is -2.24. The first-order valence-electron chi connectivity index (χ1n) is 7.19. The van der Waals surface area contributed by atoms with Crippen LogP contribution in [0.2, 0.25) is 0 Å². The summed E-state index contributed by atoms with van der Waals surface area (Å²) in [6.45, 7) is 3.14. The molecular weight excluding hydrogens is 499 g/mol. The van der Waals surface area contributed by atoms with Crippen LogP contribution in [0.1, 0.15) is 18.4 Å². The number of benzene rings is 1. The molecule has 120 valence electrons. The van der Waals surface area contributed by atoms with Crippen molar-refractivity contribution in [2.75, 3.05) is 18.4 Å². The van der Waals surface area contributed by atoms with Crippen LogP contribution >= 0.6 is 60.2 Å². The average molecular weight is 515 g/mol. The van der Waals surface area contributed by atoms with Gasteiger partial charge in [-0.05, 0) is 79.2 Å². The van der Waals surface area contributed by atoms with E-state index in [0.29, 0.717) is 6.04 Å². The van der Waals surface area contributed by atoms with E-state index in [1.807, 2.05) is 0 Å². The number of halogens is 4. The minimum absolute atomic E-state index is 0. The van der Waals surface area contributed by atoms with Gasteiger partial charge in [-0.15, -0.1) is 12.4 Å². The Hall–Kier alpha value is 0.180. The minimum atomic E-state index is 0. The maximum Gasteiger partial charge on any atom is 0.204 e. The molecule has 0 bridgehead atoms. The van der Waals surface area contributed by atoms with Gasteiger partial charge >= 0.3 is 0 Å². The highest BCUT2D eigenvalue weighted by molar-refractivity contribution is 9.14. The number of nitrogens with zero attached hydrogens (tertiary/aromatic N) is 2. The number of aryl methyl sites for hydroxylation is 2. The third-order valence-corrected chi connectivity index (χ3v) is 7.82. The van der Waals surface area contributed by atoms with Gasteiger partial charge in [0.25, 0.3) is 0 Å². The number of anilines is 1. The third-order valence-electron chi connectivity index (χ3n) is 4.31. The number of hydrogen-bond donors (Lipinski definition) is 2. The molecule has 0 aliphatic carbocycles. The summed E-state index contributed by atoms with van der Waals surface area (Å²) in [6.07, 6.45) is 3.41. The fraction of sp³-hybridized carbons (Fsp3) is 0.500. The van der Waals surface area contributed by atoms with Crippen LogP contribution in [0.15, 0.2) is 13.4 Å². The number of rotatable bonds is 2. The molecule has 4 nitrogen and oxygen atoms in total. The Morgan fingerprint density at radius 2 is 2.00 bits per heavy atom. The quantitative estimate of drug-likeness (QED) is 0.581. The third kappa shape index (κ3) is 2.62. The number of nitrogens with one attached hydrogen (secondary N) is 2. The second-order valence-corrected chi connectivity index (χ2v) is 8.02. The molecule has 1 unspecified atom stereocenters. The van der Waals surface area contributed by atoms with Gasteiger partial charge in [0.2, 0.25) is 5.95 Å². The fourth-order valence-electron chi connectivity index (χ4n) is 3.28. The van der Waals surface area contributed by atoms with Crippen molar-refractivity contribution in [3.05, 3.63) is 19.0 Å². The SMILES string of the molecule is Brc1c(Br)c2c3c(nc(NC4CCNC4)n3CCC2)c1Br.Cl. The van der Waals surface area contributed by atoms with Gasteiger partial charge in [0, 0.05) is 28.1 Å². The molecule has 4 rings (SSSR count). The average Bonchev–Trinajstić information content (AvgIpc) is 3.12. The van der Waals surface area contributed by atoms with Crippen LogP contribution in [-0.2, 0) is 13.0 Å². The van der Waals surface area contributed by atoms with Crippen molar-refractivity contribution in [2.24, 2.45) is 0 Å². The first-order valence-corrected chi connectivity index (χ1v) is 9.57. The predicted octanol–water partition coefficient (Wildman–Crippen LogP) is 4.47. The van der Waals surface area contributed by atoms with Crippen molar-refractivity contribution in [1.82, 2.24) is 14.9 Å². The molecule has 1 aromatic carbocycles. The van der Waals surface area contributed by atoms with Crippen molar-refractivity contribution < 1.29 is 0 Å². The molecule has 0 radical (unpaired) electrons. The van der Waals surface area contributed by atoms with Crippen LogP contribution in [0.3, 0.4) is 0 Å². The highest BCUT2D eigenvalue weighted by Gasteiger charge is 2.26. The van der Waals surface area contributed by atoms with Crippen molar-refractivity contribution in [3.63, 3.8) is 0 Å². The summed E-state index contributed by atoms with van der Waals surface area (Å²) in [5.41, 5.74) is 3.67. The van der Waals surface area contributed by atoms with E-state index < -0.39 is 0 Å². The highest BCUT2D eigenvalue weighted by Crippen LogP contribution is 2.43. The Labute approximate surface area is 160 Å². The molecule has 0 saturated carbocycles. The van der Waals surface area contributed by atoms with Gasteiger partial charge < -0.3 is 15.2 Å². The van der Waals surface area contributed by atoms with Crippen molar-refractivity contribution >= 4 is 77.2 Å². The molecule has 8 heteroatoms. The van der Waals surface area contributed by atoms with Crippen LogP contribution in [0.5, 0.6) is 0 Å². The molecule has 2 aromatic rings. The van der Waals surface area contributed by atoms with Gasteiger partial charge in [-0.25, -0.2) is 4.98 Å². The van der Waals surface area contributed by atoms with E-state index in [4.69, 9.17) is 4.98 Å². The zero-order valence-corrected chi connectivity index (χ0v) is 17.3. The lowest BCUT2D eigenvalue weighted by atomic mass is 10.0. The van der Waals surface area contributed by atoms with Gasteiger partial charge in [-0.1, -0.05) is 0 Å². The van der Waals surface area contributed by atoms with Crippen LogP contribution in [0.25, 0.3) is 11.0 Å². The molecule has 2 N–H and O–H groups in total. The largest absolute Gasteiger partial charge is 0.352 e. The second-order valence-electron chi connectivity index (χ2n) is 5.64. The number of imidazole rings is 1. The van der Waals surface area contributed by atoms with E-state index in [-0.39, 0.29) is 12.4 Å². The fourth-order valence-corrected chi connectivity index (χ4v) is 5.03.